The van der Waals surface area contributed by atoms with Gasteiger partial charge in [-0.15, -0.1) is 12.4 Å². The minimum Gasteiger partial charge on any atom is -0.328 e. The van der Waals surface area contributed by atoms with Crippen molar-refractivity contribution < 1.29 is 4.79 Å². The van der Waals surface area contributed by atoms with Crippen molar-refractivity contribution >= 4 is 34.9 Å². The van der Waals surface area contributed by atoms with Crippen molar-refractivity contribution in [3.63, 3.8) is 0 Å². The molecule has 0 radical (unpaired) electrons. The van der Waals surface area contributed by atoms with Gasteiger partial charge in [-0.3, -0.25) is 9.89 Å². The summed E-state index contributed by atoms with van der Waals surface area (Å²) in [5.41, 5.74) is 7.61. The number of carbonyl (C=O) groups excluding carboxylic acids is 1. The maximum Gasteiger partial charge on any atom is 0.227 e. The van der Waals surface area contributed by atoms with Gasteiger partial charge < -0.3 is 11.1 Å². The number of hydrogen-bond acceptors (Lipinski definition) is 3. The second-order valence-corrected chi connectivity index (χ2v) is 4.93. The Balaban J connectivity index is 0.00000133. The molecular formula is C13H17ClN4O. The normalized spacial score (nSPS) is 22.2. The van der Waals surface area contributed by atoms with Gasteiger partial charge in [0.1, 0.15) is 0 Å². The summed E-state index contributed by atoms with van der Waals surface area (Å²) < 4.78 is 0. The van der Waals surface area contributed by atoms with Gasteiger partial charge >= 0.3 is 0 Å². The monoisotopic (exact) mass is 280 g/mol. The zero-order chi connectivity index (χ0) is 12.5. The first-order valence-corrected chi connectivity index (χ1v) is 6.22. The highest BCUT2D eigenvalue weighted by molar-refractivity contribution is 5.95. The second-order valence-electron chi connectivity index (χ2n) is 4.93. The van der Waals surface area contributed by atoms with E-state index in [-0.39, 0.29) is 30.3 Å². The summed E-state index contributed by atoms with van der Waals surface area (Å²) in [7, 11) is 0. The number of hydrogen-bond donors (Lipinski definition) is 3. The van der Waals surface area contributed by atoms with Crippen molar-refractivity contribution in [1.82, 2.24) is 10.2 Å². The number of carbonyl (C=O) groups is 1. The molecule has 1 heterocycles. The average Bonchev–Trinajstić information content (AvgIpc) is 2.96. The summed E-state index contributed by atoms with van der Waals surface area (Å²) in [6.07, 6.45) is 4.37. The minimum atomic E-state index is 0. The first-order chi connectivity index (χ1) is 8.72. The molecule has 0 unspecified atom stereocenters. The number of anilines is 1. The molecule has 0 bridgehead atoms. The third-order valence-electron chi connectivity index (χ3n) is 3.55. The highest BCUT2D eigenvalue weighted by Gasteiger charge is 2.27. The number of fused-ring (bicyclic) bond motifs is 1. The largest absolute Gasteiger partial charge is 0.328 e. The van der Waals surface area contributed by atoms with Crippen LogP contribution in [-0.4, -0.2) is 22.1 Å². The van der Waals surface area contributed by atoms with Crippen LogP contribution in [0.5, 0.6) is 0 Å². The number of H-pyrrole nitrogens is 1. The molecule has 4 N–H and O–H groups in total. The van der Waals surface area contributed by atoms with Crippen LogP contribution in [0, 0.1) is 5.92 Å². The predicted molar refractivity (Wildman–Crippen MR) is 77.3 cm³/mol. The van der Waals surface area contributed by atoms with Gasteiger partial charge in [0, 0.05) is 23.0 Å². The predicted octanol–water partition coefficient (Wildman–Crippen LogP) is 2.05. The number of aromatic nitrogens is 2. The summed E-state index contributed by atoms with van der Waals surface area (Å²) in [5.74, 6) is 0.130. The maximum atomic E-state index is 12.0. The number of rotatable bonds is 2. The van der Waals surface area contributed by atoms with Crippen LogP contribution in [0.1, 0.15) is 19.3 Å². The van der Waals surface area contributed by atoms with Gasteiger partial charge in [-0.2, -0.15) is 5.10 Å². The summed E-state index contributed by atoms with van der Waals surface area (Å²) in [4.78, 5) is 12.0. The first-order valence-electron chi connectivity index (χ1n) is 6.22. The SMILES string of the molecule is Cl.N[C@@H]1CC[C@H](C(=O)Nc2ccc3[nH]ncc3c2)C1. The van der Waals surface area contributed by atoms with Crippen LogP contribution in [0.15, 0.2) is 24.4 Å². The molecule has 1 aliphatic carbocycles. The molecule has 0 aliphatic heterocycles. The van der Waals surface area contributed by atoms with Crippen LogP contribution in [0.4, 0.5) is 5.69 Å². The van der Waals surface area contributed by atoms with E-state index in [1.54, 1.807) is 6.20 Å². The van der Waals surface area contributed by atoms with Crippen molar-refractivity contribution in [3.05, 3.63) is 24.4 Å². The molecule has 2 atom stereocenters. The zero-order valence-electron chi connectivity index (χ0n) is 10.4. The number of benzene rings is 1. The lowest BCUT2D eigenvalue weighted by atomic mass is 10.1. The van der Waals surface area contributed by atoms with Crippen molar-refractivity contribution in [2.24, 2.45) is 11.7 Å². The van der Waals surface area contributed by atoms with Crippen LogP contribution in [0.25, 0.3) is 10.9 Å². The van der Waals surface area contributed by atoms with E-state index in [1.165, 1.54) is 0 Å². The quantitative estimate of drug-likeness (QED) is 0.787. The second kappa shape index (κ2) is 5.59. The standard InChI is InChI=1S/C13H16N4O.ClH/c14-10-2-1-8(5-10)13(18)16-11-3-4-12-9(6-11)7-15-17-12;/h3-4,6-8,10H,1-2,5,14H2,(H,15,17)(H,16,18);1H/t8-,10+;/m0./s1. The molecule has 1 amide bonds. The summed E-state index contributed by atoms with van der Waals surface area (Å²) in [6.45, 7) is 0. The Morgan fingerprint density at radius 2 is 2.26 bits per heavy atom. The van der Waals surface area contributed by atoms with E-state index in [0.29, 0.717) is 0 Å². The van der Waals surface area contributed by atoms with Gasteiger partial charge in [0.05, 0.1) is 11.7 Å². The lowest BCUT2D eigenvalue weighted by Crippen LogP contribution is -2.23. The fourth-order valence-electron chi connectivity index (χ4n) is 2.52. The molecule has 1 fully saturated rings. The van der Waals surface area contributed by atoms with Crippen LogP contribution >= 0.6 is 12.4 Å². The highest BCUT2D eigenvalue weighted by Crippen LogP contribution is 2.26. The van der Waals surface area contributed by atoms with E-state index in [0.717, 1.165) is 35.9 Å². The number of amides is 1. The van der Waals surface area contributed by atoms with Gasteiger partial charge in [-0.25, -0.2) is 0 Å². The van der Waals surface area contributed by atoms with Gasteiger partial charge in [0.2, 0.25) is 5.91 Å². The van der Waals surface area contributed by atoms with E-state index in [4.69, 9.17) is 5.73 Å². The molecule has 6 heteroatoms. The number of halogens is 1. The molecule has 0 spiro atoms. The topological polar surface area (TPSA) is 83.8 Å². The van der Waals surface area contributed by atoms with Crippen LogP contribution in [0.3, 0.4) is 0 Å². The zero-order valence-corrected chi connectivity index (χ0v) is 11.2. The molecule has 3 rings (SSSR count). The lowest BCUT2D eigenvalue weighted by Gasteiger charge is -2.10. The first kappa shape index (κ1) is 13.8. The fraction of sp³-hybridized carbons (Fsp3) is 0.385. The van der Waals surface area contributed by atoms with Gasteiger partial charge in [-0.1, -0.05) is 0 Å². The molecule has 5 nitrogen and oxygen atoms in total. The average molecular weight is 281 g/mol. The Morgan fingerprint density at radius 1 is 1.42 bits per heavy atom. The third kappa shape index (κ3) is 2.88. The van der Waals surface area contributed by atoms with E-state index in [1.807, 2.05) is 18.2 Å². The smallest absolute Gasteiger partial charge is 0.227 e. The Labute approximate surface area is 117 Å². The molecule has 0 saturated heterocycles. The summed E-state index contributed by atoms with van der Waals surface area (Å²) in [6, 6.07) is 5.90. The number of nitrogens with zero attached hydrogens (tertiary/aromatic N) is 1. The van der Waals surface area contributed by atoms with E-state index in [2.05, 4.69) is 15.5 Å². The molecule has 19 heavy (non-hydrogen) atoms. The van der Waals surface area contributed by atoms with Gasteiger partial charge in [0.25, 0.3) is 0 Å². The molecular weight excluding hydrogens is 264 g/mol. The number of nitrogens with one attached hydrogen (secondary N) is 2. The molecule has 1 saturated carbocycles. The van der Waals surface area contributed by atoms with Crippen molar-refractivity contribution in [1.29, 1.82) is 0 Å². The molecule has 1 aromatic carbocycles. The van der Waals surface area contributed by atoms with Crippen LogP contribution < -0.4 is 11.1 Å². The van der Waals surface area contributed by atoms with Crippen LogP contribution in [0.2, 0.25) is 0 Å². The number of nitrogens with two attached hydrogens (primary N) is 1. The molecule has 1 aromatic heterocycles. The van der Waals surface area contributed by atoms with Crippen molar-refractivity contribution in [2.45, 2.75) is 25.3 Å². The van der Waals surface area contributed by atoms with E-state index < -0.39 is 0 Å². The number of aromatic amines is 1. The Hall–Kier alpha value is -1.59. The van der Waals surface area contributed by atoms with Gasteiger partial charge in [-0.05, 0) is 37.5 Å². The highest BCUT2D eigenvalue weighted by atomic mass is 35.5. The summed E-state index contributed by atoms with van der Waals surface area (Å²) in [5, 5.41) is 10.8. The Bertz CT molecular complexity index is 583. The lowest BCUT2D eigenvalue weighted by molar-refractivity contribution is -0.119. The Kier molecular flexibility index (Phi) is 4.07. The van der Waals surface area contributed by atoms with E-state index in [9.17, 15) is 4.79 Å². The molecule has 1 aliphatic rings. The third-order valence-corrected chi connectivity index (χ3v) is 3.55. The van der Waals surface area contributed by atoms with E-state index >= 15 is 0 Å². The summed E-state index contributed by atoms with van der Waals surface area (Å²) >= 11 is 0. The van der Waals surface area contributed by atoms with Crippen LogP contribution in [-0.2, 0) is 4.79 Å². The Morgan fingerprint density at radius 3 is 3.00 bits per heavy atom. The maximum absolute atomic E-state index is 12.0. The van der Waals surface area contributed by atoms with Crippen molar-refractivity contribution in [3.8, 4) is 0 Å². The van der Waals surface area contributed by atoms with Crippen molar-refractivity contribution in [2.75, 3.05) is 5.32 Å². The fourth-order valence-corrected chi connectivity index (χ4v) is 2.52. The minimum absolute atomic E-state index is 0. The molecule has 2 aromatic rings. The molecule has 102 valence electrons. The van der Waals surface area contributed by atoms with Gasteiger partial charge in [0.15, 0.2) is 0 Å².